The van der Waals surface area contributed by atoms with Gasteiger partial charge in [-0.3, -0.25) is 14.4 Å². The third kappa shape index (κ3) is 68.7. The molecular weight excluding hydrogens is 1020 g/mol. The zero-order valence-electron chi connectivity index (χ0n) is 54.7. The predicted molar refractivity (Wildman–Crippen MR) is 362 cm³/mol. The third-order valence-electron chi connectivity index (χ3n) is 15.3. The van der Waals surface area contributed by atoms with Gasteiger partial charge in [-0.15, -0.1) is 0 Å². The Morgan fingerprint density at radius 1 is 0.253 bits per heavy atom. The van der Waals surface area contributed by atoms with E-state index in [1.54, 1.807) is 0 Å². The summed E-state index contributed by atoms with van der Waals surface area (Å²) in [6.45, 7) is 6.52. The molecule has 0 bridgehead atoms. The van der Waals surface area contributed by atoms with Gasteiger partial charge in [0.05, 0.1) is 0 Å². The van der Waals surface area contributed by atoms with Crippen LogP contribution in [-0.2, 0) is 28.6 Å². The molecule has 83 heavy (non-hydrogen) atoms. The van der Waals surface area contributed by atoms with Crippen molar-refractivity contribution in [2.45, 2.75) is 348 Å². The van der Waals surface area contributed by atoms with Crippen LogP contribution < -0.4 is 0 Å². The molecule has 6 heteroatoms. The number of hydrogen-bond acceptors (Lipinski definition) is 6. The summed E-state index contributed by atoms with van der Waals surface area (Å²) in [5.74, 6) is -0.871. The minimum atomic E-state index is -0.779. The van der Waals surface area contributed by atoms with E-state index in [2.05, 4.69) is 130 Å². The van der Waals surface area contributed by atoms with Gasteiger partial charge in [-0.1, -0.05) is 323 Å². The van der Waals surface area contributed by atoms with E-state index in [0.29, 0.717) is 19.3 Å². The molecule has 0 aliphatic rings. The summed E-state index contributed by atoms with van der Waals surface area (Å²) in [6, 6.07) is 0. The monoisotopic (exact) mass is 1150 g/mol. The smallest absolute Gasteiger partial charge is 0.306 e. The van der Waals surface area contributed by atoms with Crippen molar-refractivity contribution in [3.63, 3.8) is 0 Å². The first-order valence-corrected chi connectivity index (χ1v) is 35.4. The summed E-state index contributed by atoms with van der Waals surface area (Å²) >= 11 is 0. The second-order valence-corrected chi connectivity index (χ2v) is 23.4. The van der Waals surface area contributed by atoms with Crippen molar-refractivity contribution in [1.82, 2.24) is 0 Å². The lowest BCUT2D eigenvalue weighted by molar-refractivity contribution is -0.167. The first-order chi connectivity index (χ1) is 41.0. The summed E-state index contributed by atoms with van der Waals surface area (Å²) in [5, 5.41) is 0. The maximum absolute atomic E-state index is 12.9. The average molecular weight is 1150 g/mol. The van der Waals surface area contributed by atoms with Crippen LogP contribution in [-0.4, -0.2) is 37.2 Å². The van der Waals surface area contributed by atoms with E-state index < -0.39 is 6.10 Å². The van der Waals surface area contributed by atoms with Gasteiger partial charge in [0.1, 0.15) is 13.2 Å². The highest BCUT2D eigenvalue weighted by atomic mass is 16.6. The molecule has 1 atom stereocenters. The molecular formula is C77H132O6. The summed E-state index contributed by atoms with van der Waals surface area (Å²) < 4.78 is 16.9. The van der Waals surface area contributed by atoms with Gasteiger partial charge >= 0.3 is 17.9 Å². The maximum Gasteiger partial charge on any atom is 0.306 e. The van der Waals surface area contributed by atoms with Gasteiger partial charge in [0.25, 0.3) is 0 Å². The Balaban J connectivity index is 4.13. The molecule has 0 radical (unpaired) electrons. The highest BCUT2D eigenvalue weighted by Crippen LogP contribution is 2.17. The Labute approximate surface area is 514 Å². The Hall–Kier alpha value is -3.93. The van der Waals surface area contributed by atoms with Gasteiger partial charge in [-0.25, -0.2) is 0 Å². The molecule has 0 aromatic carbocycles. The van der Waals surface area contributed by atoms with Gasteiger partial charge in [0.15, 0.2) is 6.10 Å². The van der Waals surface area contributed by atoms with Gasteiger partial charge < -0.3 is 14.2 Å². The summed E-state index contributed by atoms with van der Waals surface area (Å²) in [6.07, 6.45) is 97.0. The average Bonchev–Trinajstić information content (AvgIpc) is 3.49. The second-order valence-electron chi connectivity index (χ2n) is 23.4. The first-order valence-electron chi connectivity index (χ1n) is 35.4. The van der Waals surface area contributed by atoms with Crippen molar-refractivity contribution < 1.29 is 28.6 Å². The molecule has 0 aromatic heterocycles. The molecule has 0 aliphatic heterocycles. The van der Waals surface area contributed by atoms with Crippen LogP contribution in [0.4, 0.5) is 0 Å². The number of rotatable bonds is 64. The minimum Gasteiger partial charge on any atom is -0.462 e. The van der Waals surface area contributed by atoms with E-state index in [9.17, 15) is 14.4 Å². The Morgan fingerprint density at radius 2 is 0.470 bits per heavy atom. The number of allylic oxidation sites excluding steroid dienone is 18. The quantitative estimate of drug-likeness (QED) is 0.0261. The van der Waals surface area contributed by atoms with Crippen LogP contribution in [0.3, 0.4) is 0 Å². The van der Waals surface area contributed by atoms with Crippen LogP contribution in [0.5, 0.6) is 0 Å². The molecule has 0 heterocycles. The largest absolute Gasteiger partial charge is 0.462 e. The molecule has 0 N–H and O–H groups in total. The van der Waals surface area contributed by atoms with Crippen LogP contribution in [0, 0.1) is 0 Å². The molecule has 0 saturated carbocycles. The molecule has 0 amide bonds. The van der Waals surface area contributed by atoms with Gasteiger partial charge in [0, 0.05) is 19.3 Å². The SMILES string of the molecule is CC/C=C\C/C=C\C/C=C\C/C=C\C/C=C\C/C=C\C/C=C\CCCCCCCCCCCCCCCC(=O)OCC(COC(=O)CCCCCCCCCCC)OC(=O)CCCCCCCCCCC/C=C\C/C=C\CCCCCCC. The molecule has 1 unspecified atom stereocenters. The second kappa shape index (κ2) is 70.6. The number of carbonyl (C=O) groups excluding carboxylic acids is 3. The number of esters is 3. The van der Waals surface area contributed by atoms with E-state index in [-0.39, 0.29) is 31.1 Å². The van der Waals surface area contributed by atoms with Crippen molar-refractivity contribution in [2.24, 2.45) is 0 Å². The molecule has 0 fully saturated rings. The van der Waals surface area contributed by atoms with E-state index in [4.69, 9.17) is 14.2 Å². The van der Waals surface area contributed by atoms with Crippen LogP contribution in [0.1, 0.15) is 342 Å². The molecule has 6 nitrogen and oxygen atoms in total. The van der Waals surface area contributed by atoms with Crippen LogP contribution >= 0.6 is 0 Å². The Bertz CT molecular complexity index is 1660. The fraction of sp³-hybridized carbons (Fsp3) is 0.727. The van der Waals surface area contributed by atoms with Crippen molar-refractivity contribution in [2.75, 3.05) is 13.2 Å². The lowest BCUT2D eigenvalue weighted by Crippen LogP contribution is -2.30. The van der Waals surface area contributed by atoms with Crippen molar-refractivity contribution in [3.05, 3.63) is 109 Å². The topological polar surface area (TPSA) is 78.9 Å². The number of ether oxygens (including phenoxy) is 3. The van der Waals surface area contributed by atoms with Crippen LogP contribution in [0.2, 0.25) is 0 Å². The zero-order chi connectivity index (χ0) is 59.9. The van der Waals surface area contributed by atoms with Gasteiger partial charge in [-0.2, -0.15) is 0 Å². The molecule has 0 saturated heterocycles. The fourth-order valence-electron chi connectivity index (χ4n) is 9.99. The van der Waals surface area contributed by atoms with Crippen LogP contribution in [0.25, 0.3) is 0 Å². The Morgan fingerprint density at radius 3 is 0.735 bits per heavy atom. The molecule has 0 aromatic rings. The third-order valence-corrected chi connectivity index (χ3v) is 15.3. The van der Waals surface area contributed by atoms with E-state index in [1.165, 1.54) is 193 Å². The maximum atomic E-state index is 12.9. The number of carbonyl (C=O) groups is 3. The van der Waals surface area contributed by atoms with Gasteiger partial charge in [-0.05, 0) is 109 Å². The Kier molecular flexibility index (Phi) is 67.2. The van der Waals surface area contributed by atoms with Gasteiger partial charge in [0.2, 0.25) is 0 Å². The van der Waals surface area contributed by atoms with E-state index >= 15 is 0 Å². The summed E-state index contributed by atoms with van der Waals surface area (Å²) in [7, 11) is 0. The summed E-state index contributed by atoms with van der Waals surface area (Å²) in [4.78, 5) is 38.3. The lowest BCUT2D eigenvalue weighted by Gasteiger charge is -2.18. The molecule has 0 spiro atoms. The summed E-state index contributed by atoms with van der Waals surface area (Å²) in [5.41, 5.74) is 0. The highest BCUT2D eigenvalue weighted by Gasteiger charge is 2.19. The first kappa shape index (κ1) is 79.1. The van der Waals surface area contributed by atoms with Crippen molar-refractivity contribution in [3.8, 4) is 0 Å². The van der Waals surface area contributed by atoms with E-state index in [0.717, 1.165) is 109 Å². The molecule has 476 valence electrons. The minimum absolute atomic E-state index is 0.0760. The number of hydrogen-bond donors (Lipinski definition) is 0. The van der Waals surface area contributed by atoms with E-state index in [1.807, 2.05) is 0 Å². The fourth-order valence-corrected chi connectivity index (χ4v) is 9.99. The zero-order valence-corrected chi connectivity index (χ0v) is 54.7. The normalized spacial score (nSPS) is 12.8. The lowest BCUT2D eigenvalue weighted by atomic mass is 10.0. The highest BCUT2D eigenvalue weighted by molar-refractivity contribution is 5.71. The van der Waals surface area contributed by atoms with Crippen molar-refractivity contribution in [1.29, 1.82) is 0 Å². The predicted octanol–water partition coefficient (Wildman–Crippen LogP) is 24.6. The van der Waals surface area contributed by atoms with Crippen molar-refractivity contribution >= 4 is 17.9 Å². The standard InChI is InChI=1S/C77H132O6/c1-4-7-10-13-16-19-21-23-25-27-29-31-32-33-34-35-36-37-38-39-40-41-42-43-44-46-47-49-51-53-55-58-61-64-67-70-76(79)82-73-74(72-81-75(78)69-66-63-60-57-18-15-12-9-6-3)83-77(80)71-68-65-62-59-56-54-52-50-48-45-30-28-26-24-22-20-17-14-11-8-5-2/h7,10,16,19,22-25,28-31,33-34,36-37,39-40,74H,4-6,8-9,11-15,17-18,20-21,26-27,32,35,38,41-73H2,1-3H3/b10-7-,19-16-,24-22-,25-23-,30-28-,31-29-,34-33-,37-36-,40-39-. The molecule has 0 rings (SSSR count). The number of unbranched alkanes of at least 4 members (excludes halogenated alkanes) is 35. The van der Waals surface area contributed by atoms with Crippen LogP contribution in [0.15, 0.2) is 109 Å². The molecule has 0 aliphatic carbocycles.